The number of aromatic nitrogens is 2. The number of anilines is 1. The van der Waals surface area contributed by atoms with Crippen LogP contribution >= 0.6 is 11.6 Å². The van der Waals surface area contributed by atoms with E-state index < -0.39 is 15.9 Å². The maximum atomic E-state index is 13.0. The summed E-state index contributed by atoms with van der Waals surface area (Å²) < 4.78 is 32.9. The van der Waals surface area contributed by atoms with Gasteiger partial charge in [-0.25, -0.2) is 8.42 Å². The number of hydrogen-bond acceptors (Lipinski definition) is 6. The first kappa shape index (κ1) is 22.4. The maximum absolute atomic E-state index is 13.0. The highest BCUT2D eigenvalue weighted by Crippen LogP contribution is 2.26. The molecular formula is C22H23ClN4O4S. The summed E-state index contributed by atoms with van der Waals surface area (Å²) in [6.07, 6.45) is 1.14. The van der Waals surface area contributed by atoms with Crippen molar-refractivity contribution in [2.75, 3.05) is 18.4 Å². The SMILES string of the molecule is Cc1cc(C)cc(-c2nnc(NC(=O)C3CCCN(S(=O)(=O)c4ccc(Cl)cc4)C3)o2)c1. The van der Waals surface area contributed by atoms with Crippen molar-refractivity contribution in [2.24, 2.45) is 5.92 Å². The second-order valence-corrected chi connectivity index (χ2v) is 10.3. The smallest absolute Gasteiger partial charge is 0.322 e. The number of carbonyl (C=O) groups is 1. The highest BCUT2D eigenvalue weighted by Gasteiger charge is 2.33. The molecule has 32 heavy (non-hydrogen) atoms. The van der Waals surface area contributed by atoms with Gasteiger partial charge in [0, 0.05) is 23.7 Å². The van der Waals surface area contributed by atoms with E-state index in [4.69, 9.17) is 16.0 Å². The van der Waals surface area contributed by atoms with Crippen LogP contribution in [0.5, 0.6) is 0 Å². The molecule has 1 unspecified atom stereocenters. The van der Waals surface area contributed by atoms with E-state index in [-0.39, 0.29) is 23.4 Å². The minimum absolute atomic E-state index is 0.0122. The number of benzene rings is 2. The van der Waals surface area contributed by atoms with Gasteiger partial charge in [-0.1, -0.05) is 33.9 Å². The molecule has 0 bridgehead atoms. The van der Waals surface area contributed by atoms with Crippen LogP contribution < -0.4 is 5.32 Å². The van der Waals surface area contributed by atoms with E-state index in [2.05, 4.69) is 15.5 Å². The molecule has 0 saturated carbocycles. The van der Waals surface area contributed by atoms with Crippen LogP contribution in [0.2, 0.25) is 5.02 Å². The van der Waals surface area contributed by atoms with Gasteiger partial charge in [-0.3, -0.25) is 10.1 Å². The predicted molar refractivity (Wildman–Crippen MR) is 121 cm³/mol. The number of halogens is 1. The van der Waals surface area contributed by atoms with Gasteiger partial charge in [0.2, 0.25) is 21.8 Å². The van der Waals surface area contributed by atoms with Gasteiger partial charge < -0.3 is 4.42 Å². The van der Waals surface area contributed by atoms with Crippen molar-refractivity contribution in [2.45, 2.75) is 31.6 Å². The molecule has 2 heterocycles. The molecule has 8 nitrogen and oxygen atoms in total. The monoisotopic (exact) mass is 474 g/mol. The molecule has 0 spiro atoms. The van der Waals surface area contributed by atoms with Gasteiger partial charge in [-0.05, 0) is 63.1 Å². The largest absolute Gasteiger partial charge is 0.403 e. The number of nitrogens with zero attached hydrogens (tertiary/aromatic N) is 3. The van der Waals surface area contributed by atoms with E-state index in [1.54, 1.807) is 0 Å². The number of rotatable bonds is 5. The number of piperidine rings is 1. The zero-order valence-corrected chi connectivity index (χ0v) is 19.3. The summed E-state index contributed by atoms with van der Waals surface area (Å²) in [5, 5.41) is 11.0. The van der Waals surface area contributed by atoms with Gasteiger partial charge in [-0.2, -0.15) is 4.31 Å². The molecule has 1 amide bonds. The maximum Gasteiger partial charge on any atom is 0.322 e. The Labute approximate surface area is 191 Å². The molecule has 168 valence electrons. The lowest BCUT2D eigenvalue weighted by atomic mass is 9.99. The molecule has 3 aromatic rings. The first-order valence-corrected chi connectivity index (χ1v) is 12.0. The van der Waals surface area contributed by atoms with Crippen LogP contribution in [0.25, 0.3) is 11.5 Å². The molecule has 1 atom stereocenters. The molecule has 10 heteroatoms. The van der Waals surface area contributed by atoms with Crippen molar-refractivity contribution in [3.05, 3.63) is 58.6 Å². The van der Waals surface area contributed by atoms with Crippen molar-refractivity contribution >= 4 is 33.5 Å². The molecule has 1 aliphatic rings. The Bertz CT molecular complexity index is 1220. The fraction of sp³-hybridized carbons (Fsp3) is 0.318. The topological polar surface area (TPSA) is 105 Å². The van der Waals surface area contributed by atoms with Crippen LogP contribution in [-0.4, -0.2) is 41.9 Å². The Balaban J connectivity index is 1.45. The zero-order chi connectivity index (χ0) is 22.9. The van der Waals surface area contributed by atoms with E-state index in [0.29, 0.717) is 30.3 Å². The summed E-state index contributed by atoms with van der Waals surface area (Å²) in [6.45, 7) is 4.38. The molecule has 2 aromatic carbocycles. The number of aryl methyl sites for hydroxylation is 2. The minimum atomic E-state index is -3.71. The third-order valence-electron chi connectivity index (χ3n) is 5.33. The first-order valence-electron chi connectivity index (χ1n) is 10.2. The third kappa shape index (κ3) is 4.85. The quantitative estimate of drug-likeness (QED) is 0.598. The lowest BCUT2D eigenvalue weighted by molar-refractivity contribution is -0.121. The molecular weight excluding hydrogens is 452 g/mol. The van der Waals surface area contributed by atoms with Gasteiger partial charge in [0.05, 0.1) is 10.8 Å². The Morgan fingerprint density at radius 2 is 1.81 bits per heavy atom. The van der Waals surface area contributed by atoms with Gasteiger partial charge in [-0.15, -0.1) is 5.10 Å². The van der Waals surface area contributed by atoms with E-state index in [1.807, 2.05) is 32.0 Å². The Morgan fingerprint density at radius 1 is 1.12 bits per heavy atom. The van der Waals surface area contributed by atoms with Gasteiger partial charge >= 0.3 is 6.01 Å². The number of amides is 1. The standard InChI is InChI=1S/C22H23ClN4O4S/c1-14-10-15(2)12-17(11-14)21-25-26-22(31-21)24-20(28)16-4-3-9-27(13-16)32(29,30)19-7-5-18(23)6-8-19/h5-8,10-12,16H,3-4,9,13H2,1-2H3,(H,24,26,28). The van der Waals surface area contributed by atoms with E-state index in [1.165, 1.54) is 28.6 Å². The summed E-state index contributed by atoms with van der Waals surface area (Å²) in [6, 6.07) is 11.9. The van der Waals surface area contributed by atoms with Crippen molar-refractivity contribution in [3.63, 3.8) is 0 Å². The Kier molecular flexibility index (Phi) is 6.32. The molecule has 1 saturated heterocycles. The van der Waals surface area contributed by atoms with E-state index in [9.17, 15) is 13.2 Å². The molecule has 1 aliphatic heterocycles. The molecule has 1 fully saturated rings. The third-order valence-corrected chi connectivity index (χ3v) is 7.46. The zero-order valence-electron chi connectivity index (χ0n) is 17.7. The normalized spacial score (nSPS) is 17.3. The molecule has 0 aliphatic carbocycles. The predicted octanol–water partition coefficient (Wildman–Crippen LogP) is 4.05. The van der Waals surface area contributed by atoms with Crippen LogP contribution in [0.3, 0.4) is 0 Å². The molecule has 4 rings (SSSR count). The summed E-state index contributed by atoms with van der Waals surface area (Å²) in [5.41, 5.74) is 2.90. The molecule has 1 N–H and O–H groups in total. The van der Waals surface area contributed by atoms with Crippen LogP contribution in [0.15, 0.2) is 51.8 Å². The summed E-state index contributed by atoms with van der Waals surface area (Å²) in [7, 11) is -3.71. The second kappa shape index (κ2) is 9.01. The summed E-state index contributed by atoms with van der Waals surface area (Å²) in [4.78, 5) is 12.9. The summed E-state index contributed by atoms with van der Waals surface area (Å²) in [5.74, 6) is -0.568. The first-order chi connectivity index (χ1) is 15.2. The van der Waals surface area contributed by atoms with Crippen molar-refractivity contribution in [1.82, 2.24) is 14.5 Å². The second-order valence-electron chi connectivity index (χ2n) is 7.93. The van der Waals surface area contributed by atoms with Crippen molar-refractivity contribution in [1.29, 1.82) is 0 Å². The average Bonchev–Trinajstić information content (AvgIpc) is 3.22. The minimum Gasteiger partial charge on any atom is -0.403 e. The fourth-order valence-electron chi connectivity index (χ4n) is 3.83. The summed E-state index contributed by atoms with van der Waals surface area (Å²) >= 11 is 5.86. The number of nitrogens with one attached hydrogen (secondary N) is 1. The average molecular weight is 475 g/mol. The number of carbonyl (C=O) groups excluding carboxylic acids is 1. The van der Waals surface area contributed by atoms with Crippen molar-refractivity contribution in [3.8, 4) is 11.5 Å². The molecule has 0 radical (unpaired) electrons. The lowest BCUT2D eigenvalue weighted by Crippen LogP contribution is -2.43. The fourth-order valence-corrected chi connectivity index (χ4v) is 5.48. The lowest BCUT2D eigenvalue weighted by Gasteiger charge is -2.30. The highest BCUT2D eigenvalue weighted by molar-refractivity contribution is 7.89. The van der Waals surface area contributed by atoms with Gasteiger partial charge in [0.25, 0.3) is 0 Å². The van der Waals surface area contributed by atoms with E-state index >= 15 is 0 Å². The number of sulfonamides is 1. The van der Waals surface area contributed by atoms with Crippen LogP contribution in [-0.2, 0) is 14.8 Å². The Morgan fingerprint density at radius 3 is 2.50 bits per heavy atom. The van der Waals surface area contributed by atoms with Crippen molar-refractivity contribution < 1.29 is 17.6 Å². The van der Waals surface area contributed by atoms with Crippen LogP contribution in [0.4, 0.5) is 6.01 Å². The number of hydrogen-bond donors (Lipinski definition) is 1. The Hall–Kier alpha value is -2.75. The van der Waals surface area contributed by atoms with E-state index in [0.717, 1.165) is 16.7 Å². The molecule has 1 aromatic heterocycles. The van der Waals surface area contributed by atoms with Crippen LogP contribution in [0.1, 0.15) is 24.0 Å². The highest BCUT2D eigenvalue weighted by atomic mass is 35.5. The van der Waals surface area contributed by atoms with Gasteiger partial charge in [0.1, 0.15) is 0 Å². The van der Waals surface area contributed by atoms with Gasteiger partial charge in [0.15, 0.2) is 0 Å². The van der Waals surface area contributed by atoms with Crippen LogP contribution in [0, 0.1) is 19.8 Å².